The molecule has 0 aliphatic carbocycles. The maximum Gasteiger partial charge on any atom is 0.308 e. The lowest BCUT2D eigenvalue weighted by Crippen LogP contribution is -2.33. The second-order valence-electron chi connectivity index (χ2n) is 4.49. The van der Waals surface area contributed by atoms with Crippen molar-refractivity contribution in [3.63, 3.8) is 0 Å². The van der Waals surface area contributed by atoms with E-state index in [2.05, 4.69) is 0 Å². The standard InChI is InChI=1S/C13H10FNO3/c14-10-3-1-7-2-4-11(16)15-6-8(13(17)18)5-9(10)12(7)15/h1-4,8H,5-6H2,(H,17,18). The summed E-state index contributed by atoms with van der Waals surface area (Å²) in [4.78, 5) is 22.8. The van der Waals surface area contributed by atoms with Gasteiger partial charge in [0.1, 0.15) is 5.82 Å². The molecule has 5 heteroatoms. The lowest BCUT2D eigenvalue weighted by molar-refractivity contribution is -0.142. The molecule has 18 heavy (non-hydrogen) atoms. The maximum absolute atomic E-state index is 13.8. The van der Waals surface area contributed by atoms with Crippen LogP contribution in [0.2, 0.25) is 0 Å². The minimum Gasteiger partial charge on any atom is -0.481 e. The molecule has 1 atom stereocenters. The van der Waals surface area contributed by atoms with Crippen LogP contribution in [0, 0.1) is 11.7 Å². The van der Waals surface area contributed by atoms with Crippen molar-refractivity contribution in [3.05, 3.63) is 46.0 Å². The number of rotatable bonds is 1. The van der Waals surface area contributed by atoms with Crippen LogP contribution in [-0.4, -0.2) is 15.6 Å². The second kappa shape index (κ2) is 3.66. The molecule has 1 unspecified atom stereocenters. The summed E-state index contributed by atoms with van der Waals surface area (Å²) in [6, 6.07) is 5.94. The molecule has 3 rings (SSSR count). The third kappa shape index (κ3) is 1.44. The molecule has 0 radical (unpaired) electrons. The molecule has 92 valence electrons. The van der Waals surface area contributed by atoms with Crippen LogP contribution in [0.1, 0.15) is 5.56 Å². The Morgan fingerprint density at radius 1 is 1.33 bits per heavy atom. The molecule has 1 N–H and O–H groups in total. The summed E-state index contributed by atoms with van der Waals surface area (Å²) < 4.78 is 15.2. The first kappa shape index (κ1) is 11.0. The highest BCUT2D eigenvalue weighted by atomic mass is 19.1. The van der Waals surface area contributed by atoms with E-state index in [0.29, 0.717) is 11.1 Å². The zero-order chi connectivity index (χ0) is 12.9. The molecule has 0 saturated carbocycles. The van der Waals surface area contributed by atoms with E-state index in [1.54, 1.807) is 12.1 Å². The molecule has 4 nitrogen and oxygen atoms in total. The minimum absolute atomic E-state index is 0.0992. The van der Waals surface area contributed by atoms with Crippen LogP contribution in [0.25, 0.3) is 10.9 Å². The van der Waals surface area contributed by atoms with E-state index in [9.17, 15) is 14.0 Å². The smallest absolute Gasteiger partial charge is 0.308 e. The third-order valence-electron chi connectivity index (χ3n) is 3.40. The highest BCUT2D eigenvalue weighted by Gasteiger charge is 2.28. The van der Waals surface area contributed by atoms with Crippen molar-refractivity contribution in [3.8, 4) is 0 Å². The topological polar surface area (TPSA) is 59.3 Å². The van der Waals surface area contributed by atoms with Crippen molar-refractivity contribution in [1.29, 1.82) is 0 Å². The number of benzene rings is 1. The Morgan fingerprint density at radius 2 is 2.06 bits per heavy atom. The summed E-state index contributed by atoms with van der Waals surface area (Å²) in [6.07, 6.45) is 0.127. The lowest BCUT2D eigenvalue weighted by Gasteiger charge is -2.24. The van der Waals surface area contributed by atoms with E-state index >= 15 is 0 Å². The van der Waals surface area contributed by atoms with Gasteiger partial charge in [0.2, 0.25) is 0 Å². The first-order valence-corrected chi connectivity index (χ1v) is 5.61. The summed E-state index contributed by atoms with van der Waals surface area (Å²) in [6.45, 7) is 0.0992. The molecule has 1 aliphatic heterocycles. The van der Waals surface area contributed by atoms with Crippen LogP contribution in [-0.2, 0) is 17.8 Å². The number of pyridine rings is 1. The van der Waals surface area contributed by atoms with Crippen molar-refractivity contribution in [1.82, 2.24) is 4.57 Å². The van der Waals surface area contributed by atoms with Gasteiger partial charge in [-0.25, -0.2) is 4.39 Å². The largest absolute Gasteiger partial charge is 0.481 e. The Labute approximate surface area is 101 Å². The van der Waals surface area contributed by atoms with Crippen LogP contribution in [0.5, 0.6) is 0 Å². The first-order chi connectivity index (χ1) is 8.58. The number of aliphatic carboxylic acids is 1. The van der Waals surface area contributed by atoms with Crippen LogP contribution in [0.4, 0.5) is 4.39 Å². The summed E-state index contributed by atoms with van der Waals surface area (Å²) in [5.74, 6) is -2.21. The fraction of sp³-hybridized carbons (Fsp3) is 0.231. The van der Waals surface area contributed by atoms with E-state index < -0.39 is 17.7 Å². The summed E-state index contributed by atoms with van der Waals surface area (Å²) in [5.41, 5.74) is 0.559. The molecule has 0 spiro atoms. The number of nitrogens with zero attached hydrogens (tertiary/aromatic N) is 1. The number of carbonyl (C=O) groups is 1. The predicted molar refractivity (Wildman–Crippen MR) is 63.0 cm³/mol. The fourth-order valence-corrected chi connectivity index (χ4v) is 2.52. The van der Waals surface area contributed by atoms with Gasteiger partial charge < -0.3 is 9.67 Å². The molecular formula is C13H10FNO3. The highest BCUT2D eigenvalue weighted by molar-refractivity contribution is 5.84. The van der Waals surface area contributed by atoms with Crippen molar-refractivity contribution in [2.24, 2.45) is 5.92 Å². The molecular weight excluding hydrogens is 237 g/mol. The molecule has 2 heterocycles. The number of hydrogen-bond acceptors (Lipinski definition) is 2. The van der Waals surface area contributed by atoms with Crippen molar-refractivity contribution < 1.29 is 14.3 Å². The van der Waals surface area contributed by atoms with Crippen LogP contribution >= 0.6 is 0 Å². The molecule has 0 bridgehead atoms. The number of aromatic nitrogens is 1. The molecule has 0 saturated heterocycles. The highest BCUT2D eigenvalue weighted by Crippen LogP contribution is 2.28. The van der Waals surface area contributed by atoms with Crippen LogP contribution in [0.3, 0.4) is 0 Å². The van der Waals surface area contributed by atoms with Gasteiger partial charge >= 0.3 is 5.97 Å². The number of hydrogen-bond donors (Lipinski definition) is 1. The molecule has 0 fully saturated rings. The van der Waals surface area contributed by atoms with E-state index in [-0.39, 0.29) is 18.5 Å². The van der Waals surface area contributed by atoms with Gasteiger partial charge in [-0.15, -0.1) is 0 Å². The van der Waals surface area contributed by atoms with E-state index in [1.165, 1.54) is 16.7 Å². The maximum atomic E-state index is 13.8. The molecule has 0 amide bonds. The summed E-state index contributed by atoms with van der Waals surface area (Å²) >= 11 is 0. The zero-order valence-corrected chi connectivity index (χ0v) is 9.39. The average molecular weight is 247 g/mol. The van der Waals surface area contributed by atoms with E-state index in [1.807, 2.05) is 0 Å². The lowest BCUT2D eigenvalue weighted by atomic mass is 9.92. The zero-order valence-electron chi connectivity index (χ0n) is 9.39. The minimum atomic E-state index is -1.01. The van der Waals surface area contributed by atoms with E-state index in [0.717, 1.165) is 5.39 Å². The monoisotopic (exact) mass is 247 g/mol. The number of carboxylic acids is 1. The Balaban J connectivity index is 2.37. The van der Waals surface area contributed by atoms with Gasteiger partial charge in [-0.05, 0) is 30.0 Å². The Bertz CT molecular complexity index is 720. The quantitative estimate of drug-likeness (QED) is 0.828. The van der Waals surface area contributed by atoms with Gasteiger partial charge in [0.05, 0.1) is 11.4 Å². The van der Waals surface area contributed by atoms with Crippen molar-refractivity contribution in [2.45, 2.75) is 13.0 Å². The summed E-state index contributed by atoms with van der Waals surface area (Å²) in [5, 5.41) is 9.82. The molecule has 1 aromatic carbocycles. The molecule has 2 aromatic rings. The molecule has 1 aliphatic rings. The van der Waals surface area contributed by atoms with Gasteiger partial charge in [0.25, 0.3) is 5.56 Å². The van der Waals surface area contributed by atoms with Gasteiger partial charge in [-0.2, -0.15) is 0 Å². The predicted octanol–water partition coefficient (Wildman–Crippen LogP) is 1.40. The summed E-state index contributed by atoms with van der Waals surface area (Å²) in [7, 11) is 0. The average Bonchev–Trinajstić information content (AvgIpc) is 2.36. The van der Waals surface area contributed by atoms with Crippen molar-refractivity contribution in [2.75, 3.05) is 0 Å². The number of halogens is 1. The first-order valence-electron chi connectivity index (χ1n) is 5.61. The van der Waals surface area contributed by atoms with E-state index in [4.69, 9.17) is 5.11 Å². The Morgan fingerprint density at radius 3 is 2.78 bits per heavy atom. The van der Waals surface area contributed by atoms with Gasteiger partial charge in [0.15, 0.2) is 0 Å². The van der Waals surface area contributed by atoms with Crippen LogP contribution in [0.15, 0.2) is 29.1 Å². The normalized spacial score (nSPS) is 17.9. The fourth-order valence-electron chi connectivity index (χ4n) is 2.52. The third-order valence-corrected chi connectivity index (χ3v) is 3.40. The Hall–Kier alpha value is -2.17. The SMILES string of the molecule is O=C(O)C1Cc2c(F)ccc3ccc(=O)n(c23)C1. The van der Waals surface area contributed by atoms with Gasteiger partial charge in [-0.3, -0.25) is 9.59 Å². The van der Waals surface area contributed by atoms with Crippen molar-refractivity contribution >= 4 is 16.9 Å². The Kier molecular flexibility index (Phi) is 2.23. The van der Waals surface area contributed by atoms with Crippen LogP contribution < -0.4 is 5.56 Å². The van der Waals surface area contributed by atoms with Gasteiger partial charge in [0, 0.05) is 18.2 Å². The van der Waals surface area contributed by atoms with Gasteiger partial charge in [-0.1, -0.05) is 0 Å². The number of carboxylic acid groups (broad SMARTS) is 1. The molecule has 1 aromatic heterocycles. The second-order valence-corrected chi connectivity index (χ2v) is 4.49.